The van der Waals surface area contributed by atoms with E-state index in [1.54, 1.807) is 18.7 Å². The summed E-state index contributed by atoms with van der Waals surface area (Å²) in [4.78, 5) is 0. The first kappa shape index (κ1) is 14.5. The number of sulfone groups is 1. The van der Waals surface area contributed by atoms with Crippen molar-refractivity contribution >= 4 is 21.4 Å². The number of hydrogen-bond acceptors (Lipinski definition) is 4. The van der Waals surface area contributed by atoms with E-state index in [9.17, 15) is 13.5 Å². The zero-order chi connectivity index (χ0) is 13.4. The Morgan fingerprint density at radius 2 is 2.06 bits per heavy atom. The van der Waals surface area contributed by atoms with E-state index in [4.69, 9.17) is 11.6 Å². The first-order valence-electron chi connectivity index (χ1n) is 5.19. The van der Waals surface area contributed by atoms with Crippen LogP contribution in [0.15, 0.2) is 0 Å². The minimum atomic E-state index is -3.26. The van der Waals surface area contributed by atoms with Crippen molar-refractivity contribution in [2.45, 2.75) is 31.6 Å². The lowest BCUT2D eigenvalue weighted by molar-refractivity contribution is 0.171. The van der Waals surface area contributed by atoms with Gasteiger partial charge in [-0.25, -0.2) is 8.42 Å². The average Bonchev–Trinajstić information content (AvgIpc) is 2.42. The van der Waals surface area contributed by atoms with Gasteiger partial charge in [0.1, 0.15) is 0 Å². The van der Waals surface area contributed by atoms with E-state index in [-0.39, 0.29) is 6.42 Å². The summed E-state index contributed by atoms with van der Waals surface area (Å²) in [6, 6.07) is 0. The van der Waals surface area contributed by atoms with Gasteiger partial charge in [0, 0.05) is 19.7 Å². The Morgan fingerprint density at radius 1 is 1.53 bits per heavy atom. The second-order valence-electron chi connectivity index (χ2n) is 4.28. The van der Waals surface area contributed by atoms with Gasteiger partial charge in [-0.2, -0.15) is 5.10 Å². The smallest absolute Gasteiger partial charge is 0.152 e. The highest BCUT2D eigenvalue weighted by atomic mass is 35.5. The third-order valence-corrected chi connectivity index (χ3v) is 5.04. The van der Waals surface area contributed by atoms with Gasteiger partial charge in [0.05, 0.1) is 27.8 Å². The van der Waals surface area contributed by atoms with Crippen LogP contribution in [0.25, 0.3) is 0 Å². The molecular weight excluding hydrogens is 264 g/mol. The molecule has 1 aromatic heterocycles. The van der Waals surface area contributed by atoms with Gasteiger partial charge in [-0.05, 0) is 13.8 Å². The van der Waals surface area contributed by atoms with Gasteiger partial charge in [-0.15, -0.1) is 0 Å². The fourth-order valence-electron chi connectivity index (χ4n) is 1.55. The molecule has 17 heavy (non-hydrogen) atoms. The Hall–Kier alpha value is -0.590. The van der Waals surface area contributed by atoms with Gasteiger partial charge in [0.2, 0.25) is 0 Å². The summed E-state index contributed by atoms with van der Waals surface area (Å²) in [5, 5.41) is 13.6. The maximum atomic E-state index is 11.3. The number of hydrogen-bond donors (Lipinski definition) is 1. The molecule has 2 unspecified atom stereocenters. The van der Waals surface area contributed by atoms with Gasteiger partial charge in [0.15, 0.2) is 9.84 Å². The van der Waals surface area contributed by atoms with Crippen LogP contribution in [0.1, 0.15) is 18.3 Å². The topological polar surface area (TPSA) is 72.2 Å². The summed E-state index contributed by atoms with van der Waals surface area (Å²) < 4.78 is 24.2. The largest absolute Gasteiger partial charge is 0.391 e. The molecule has 1 heterocycles. The van der Waals surface area contributed by atoms with Gasteiger partial charge in [-0.1, -0.05) is 11.6 Å². The number of aliphatic hydroxyl groups excluding tert-OH is 1. The van der Waals surface area contributed by atoms with Crippen LogP contribution in [-0.4, -0.2) is 40.9 Å². The number of aromatic nitrogens is 2. The number of rotatable bonds is 4. The molecule has 0 spiro atoms. The molecule has 0 saturated heterocycles. The molecule has 7 heteroatoms. The SMILES string of the molecule is Cc1nn(C)c(CC(O)C(C)S(C)(=O)=O)c1Cl. The summed E-state index contributed by atoms with van der Waals surface area (Å²) in [7, 11) is -1.55. The van der Waals surface area contributed by atoms with Crippen LogP contribution < -0.4 is 0 Å². The van der Waals surface area contributed by atoms with Crippen LogP contribution in [0.2, 0.25) is 5.02 Å². The van der Waals surface area contributed by atoms with Crippen LogP contribution in [0, 0.1) is 6.92 Å². The quantitative estimate of drug-likeness (QED) is 0.882. The zero-order valence-electron chi connectivity index (χ0n) is 10.3. The molecule has 5 nitrogen and oxygen atoms in total. The Morgan fingerprint density at radius 3 is 2.41 bits per heavy atom. The standard InChI is InChI=1S/C10H17ClN2O3S/c1-6-10(11)8(13(3)12-6)5-9(14)7(2)17(4,15)16/h7,9,14H,5H2,1-4H3. The predicted molar refractivity (Wildman–Crippen MR) is 67.0 cm³/mol. The Balaban J connectivity index is 2.92. The van der Waals surface area contributed by atoms with E-state index >= 15 is 0 Å². The van der Waals surface area contributed by atoms with Crippen molar-refractivity contribution in [2.75, 3.05) is 6.26 Å². The highest BCUT2D eigenvalue weighted by Crippen LogP contribution is 2.22. The molecular formula is C10H17ClN2O3S. The van der Waals surface area contributed by atoms with Gasteiger partial charge < -0.3 is 5.11 Å². The summed E-state index contributed by atoms with van der Waals surface area (Å²) in [6.07, 6.45) is 0.291. The minimum Gasteiger partial charge on any atom is -0.391 e. The van der Waals surface area contributed by atoms with Crippen molar-refractivity contribution in [3.05, 3.63) is 16.4 Å². The second kappa shape index (κ2) is 4.96. The van der Waals surface area contributed by atoms with Gasteiger partial charge in [-0.3, -0.25) is 4.68 Å². The molecule has 0 bridgehead atoms. The molecule has 98 valence electrons. The molecule has 2 atom stereocenters. The fraction of sp³-hybridized carbons (Fsp3) is 0.700. The molecule has 0 radical (unpaired) electrons. The molecule has 1 rings (SSSR count). The average molecular weight is 281 g/mol. The number of aryl methyl sites for hydroxylation is 2. The van der Waals surface area contributed by atoms with Crippen molar-refractivity contribution in [2.24, 2.45) is 7.05 Å². The van der Waals surface area contributed by atoms with Crippen molar-refractivity contribution in [1.82, 2.24) is 9.78 Å². The lowest BCUT2D eigenvalue weighted by atomic mass is 10.1. The molecule has 0 fully saturated rings. The van der Waals surface area contributed by atoms with E-state index in [0.29, 0.717) is 16.4 Å². The Labute approximate surface area is 106 Å². The van der Waals surface area contributed by atoms with Crippen molar-refractivity contribution < 1.29 is 13.5 Å². The first-order valence-corrected chi connectivity index (χ1v) is 7.52. The maximum absolute atomic E-state index is 11.3. The van der Waals surface area contributed by atoms with Gasteiger partial charge in [0.25, 0.3) is 0 Å². The summed E-state index contributed by atoms with van der Waals surface area (Å²) in [6.45, 7) is 3.25. The Kier molecular flexibility index (Phi) is 4.22. The highest BCUT2D eigenvalue weighted by molar-refractivity contribution is 7.91. The van der Waals surface area contributed by atoms with Crippen LogP contribution in [0.3, 0.4) is 0 Å². The zero-order valence-corrected chi connectivity index (χ0v) is 11.9. The molecule has 0 aliphatic rings. The third-order valence-electron chi connectivity index (χ3n) is 2.88. The summed E-state index contributed by atoms with van der Waals surface area (Å²) >= 11 is 6.03. The molecule has 1 N–H and O–H groups in total. The van der Waals surface area contributed by atoms with Crippen LogP contribution in [-0.2, 0) is 23.3 Å². The fourth-order valence-corrected chi connectivity index (χ4v) is 2.46. The molecule has 0 amide bonds. The highest BCUT2D eigenvalue weighted by Gasteiger charge is 2.26. The minimum absolute atomic E-state index is 0.171. The van der Waals surface area contributed by atoms with E-state index < -0.39 is 21.2 Å². The van der Waals surface area contributed by atoms with Gasteiger partial charge >= 0.3 is 0 Å². The lowest BCUT2D eigenvalue weighted by Gasteiger charge is -2.17. The van der Waals surface area contributed by atoms with Crippen molar-refractivity contribution in [3.63, 3.8) is 0 Å². The normalized spacial score (nSPS) is 15.9. The summed E-state index contributed by atoms with van der Waals surface area (Å²) in [5.41, 5.74) is 1.32. The number of aliphatic hydroxyl groups is 1. The molecule has 0 aliphatic carbocycles. The van der Waals surface area contributed by atoms with Crippen LogP contribution in [0.5, 0.6) is 0 Å². The monoisotopic (exact) mass is 280 g/mol. The second-order valence-corrected chi connectivity index (χ2v) is 7.06. The lowest BCUT2D eigenvalue weighted by Crippen LogP contribution is -2.32. The van der Waals surface area contributed by atoms with E-state index in [0.717, 1.165) is 6.26 Å². The molecule has 0 aliphatic heterocycles. The van der Waals surface area contributed by atoms with Crippen molar-refractivity contribution in [3.8, 4) is 0 Å². The third kappa shape index (κ3) is 3.20. The van der Waals surface area contributed by atoms with E-state index in [1.807, 2.05) is 0 Å². The molecule has 1 aromatic rings. The number of halogens is 1. The van der Waals surface area contributed by atoms with Crippen LogP contribution in [0.4, 0.5) is 0 Å². The Bertz CT molecular complexity index is 510. The first-order chi connectivity index (χ1) is 7.64. The molecule has 0 aromatic carbocycles. The maximum Gasteiger partial charge on any atom is 0.152 e. The number of nitrogens with zero attached hydrogens (tertiary/aromatic N) is 2. The summed E-state index contributed by atoms with van der Waals surface area (Å²) in [5.74, 6) is 0. The van der Waals surface area contributed by atoms with E-state index in [1.165, 1.54) is 6.92 Å². The molecule has 0 saturated carbocycles. The van der Waals surface area contributed by atoms with E-state index in [2.05, 4.69) is 5.10 Å². The van der Waals surface area contributed by atoms with Crippen molar-refractivity contribution in [1.29, 1.82) is 0 Å². The predicted octanol–water partition coefficient (Wildman–Crippen LogP) is 0.718. The van der Waals surface area contributed by atoms with Crippen LogP contribution >= 0.6 is 11.6 Å².